The molecular formula is C13H20N2O2. The van der Waals surface area contributed by atoms with Gasteiger partial charge in [-0.25, -0.2) is 0 Å². The summed E-state index contributed by atoms with van der Waals surface area (Å²) in [5.41, 5.74) is 2.81. The third-order valence-electron chi connectivity index (χ3n) is 2.86. The molecular weight excluding hydrogens is 216 g/mol. The van der Waals surface area contributed by atoms with Gasteiger partial charge >= 0.3 is 0 Å². The van der Waals surface area contributed by atoms with Crippen LogP contribution in [0.25, 0.3) is 0 Å². The molecule has 1 unspecified atom stereocenters. The van der Waals surface area contributed by atoms with Crippen LogP contribution in [0.3, 0.4) is 0 Å². The highest BCUT2D eigenvalue weighted by atomic mass is 16.6. The monoisotopic (exact) mass is 236 g/mol. The molecule has 0 radical (unpaired) electrons. The van der Waals surface area contributed by atoms with Gasteiger partial charge in [-0.05, 0) is 38.8 Å². The number of anilines is 1. The summed E-state index contributed by atoms with van der Waals surface area (Å²) < 4.78 is 0. The van der Waals surface area contributed by atoms with Gasteiger partial charge in [0.15, 0.2) is 0 Å². The zero-order valence-electron chi connectivity index (χ0n) is 10.9. The maximum absolute atomic E-state index is 10.8. The maximum atomic E-state index is 10.8. The van der Waals surface area contributed by atoms with Crippen LogP contribution in [-0.2, 0) is 0 Å². The van der Waals surface area contributed by atoms with Crippen LogP contribution >= 0.6 is 0 Å². The predicted molar refractivity (Wildman–Crippen MR) is 70.6 cm³/mol. The van der Waals surface area contributed by atoms with Gasteiger partial charge in [0.25, 0.3) is 5.69 Å². The van der Waals surface area contributed by atoms with Gasteiger partial charge in [-0.15, -0.1) is 0 Å². The second-order valence-electron chi connectivity index (χ2n) is 4.54. The van der Waals surface area contributed by atoms with Gasteiger partial charge in [-0.1, -0.05) is 13.3 Å². The number of hydrogen-bond acceptors (Lipinski definition) is 3. The molecule has 0 aliphatic rings. The zero-order valence-corrected chi connectivity index (χ0v) is 10.9. The Bertz CT molecular complexity index is 416. The van der Waals surface area contributed by atoms with E-state index in [-0.39, 0.29) is 10.6 Å². The molecule has 0 heterocycles. The van der Waals surface area contributed by atoms with E-state index in [0.29, 0.717) is 11.6 Å². The minimum Gasteiger partial charge on any atom is -0.382 e. The van der Waals surface area contributed by atoms with Crippen LogP contribution in [0, 0.1) is 24.0 Å². The van der Waals surface area contributed by atoms with Gasteiger partial charge in [0.05, 0.1) is 4.92 Å². The largest absolute Gasteiger partial charge is 0.382 e. The minimum absolute atomic E-state index is 0.191. The molecule has 0 saturated carbocycles. The highest BCUT2D eigenvalue weighted by molar-refractivity contribution is 5.59. The smallest absolute Gasteiger partial charge is 0.272 e. The minimum atomic E-state index is -0.332. The van der Waals surface area contributed by atoms with E-state index in [1.54, 1.807) is 13.0 Å². The van der Waals surface area contributed by atoms with Crippen molar-refractivity contribution >= 4 is 11.4 Å². The number of rotatable bonds is 5. The fourth-order valence-electron chi connectivity index (χ4n) is 1.92. The number of nitrogens with one attached hydrogen (secondary N) is 1. The van der Waals surface area contributed by atoms with E-state index in [9.17, 15) is 10.1 Å². The fraction of sp³-hybridized carbons (Fsp3) is 0.538. The fourth-order valence-corrected chi connectivity index (χ4v) is 1.92. The Kier molecular flexibility index (Phi) is 4.49. The second-order valence-corrected chi connectivity index (χ2v) is 4.54. The Hall–Kier alpha value is -1.58. The first kappa shape index (κ1) is 13.5. The van der Waals surface area contributed by atoms with Gasteiger partial charge < -0.3 is 5.32 Å². The summed E-state index contributed by atoms with van der Waals surface area (Å²) in [6, 6.07) is 3.88. The van der Waals surface area contributed by atoms with Crippen molar-refractivity contribution < 1.29 is 4.92 Å². The Labute approximate surface area is 102 Å². The zero-order chi connectivity index (χ0) is 13.0. The lowest BCUT2D eigenvalue weighted by molar-refractivity contribution is -0.385. The average molecular weight is 236 g/mol. The Morgan fingerprint density at radius 1 is 1.35 bits per heavy atom. The summed E-state index contributed by atoms with van der Waals surface area (Å²) in [7, 11) is 0. The van der Waals surface area contributed by atoms with Crippen molar-refractivity contribution in [2.45, 2.75) is 46.6 Å². The molecule has 0 spiro atoms. The van der Waals surface area contributed by atoms with Crippen LogP contribution in [0.1, 0.15) is 37.8 Å². The number of nitrogens with zero attached hydrogens (tertiary/aromatic N) is 1. The number of nitro benzene ring substituents is 1. The molecule has 0 aliphatic heterocycles. The van der Waals surface area contributed by atoms with E-state index < -0.39 is 0 Å². The summed E-state index contributed by atoms with van der Waals surface area (Å²) in [4.78, 5) is 10.5. The highest BCUT2D eigenvalue weighted by Crippen LogP contribution is 2.26. The number of hydrogen-bond donors (Lipinski definition) is 1. The molecule has 1 atom stereocenters. The lowest BCUT2D eigenvalue weighted by Crippen LogP contribution is -2.15. The van der Waals surface area contributed by atoms with Crippen molar-refractivity contribution in [3.63, 3.8) is 0 Å². The van der Waals surface area contributed by atoms with Crippen molar-refractivity contribution in [2.24, 2.45) is 0 Å². The molecule has 1 aromatic carbocycles. The van der Waals surface area contributed by atoms with E-state index in [0.717, 1.165) is 24.1 Å². The lowest BCUT2D eigenvalue weighted by atomic mass is 10.1. The van der Waals surface area contributed by atoms with E-state index in [2.05, 4.69) is 19.2 Å². The van der Waals surface area contributed by atoms with E-state index in [1.165, 1.54) is 0 Å². The van der Waals surface area contributed by atoms with Crippen LogP contribution in [0.5, 0.6) is 0 Å². The van der Waals surface area contributed by atoms with E-state index in [4.69, 9.17) is 0 Å². The first-order valence-electron chi connectivity index (χ1n) is 5.97. The Morgan fingerprint density at radius 2 is 2.00 bits per heavy atom. The maximum Gasteiger partial charge on any atom is 0.272 e. The highest BCUT2D eigenvalue weighted by Gasteiger charge is 2.13. The molecule has 0 aromatic heterocycles. The third kappa shape index (κ3) is 3.44. The van der Waals surface area contributed by atoms with Crippen molar-refractivity contribution in [3.05, 3.63) is 33.4 Å². The molecule has 1 aromatic rings. The van der Waals surface area contributed by atoms with Gasteiger partial charge in [0.2, 0.25) is 0 Å². The van der Waals surface area contributed by atoms with Crippen molar-refractivity contribution in [3.8, 4) is 0 Å². The van der Waals surface area contributed by atoms with Crippen LogP contribution < -0.4 is 5.32 Å². The first-order chi connectivity index (χ1) is 7.95. The summed E-state index contributed by atoms with van der Waals surface area (Å²) in [6.45, 7) is 7.94. The summed E-state index contributed by atoms with van der Waals surface area (Å²) in [5.74, 6) is 0. The molecule has 4 heteroatoms. The summed E-state index contributed by atoms with van der Waals surface area (Å²) in [5, 5.41) is 14.2. The van der Waals surface area contributed by atoms with Gasteiger partial charge in [-0.3, -0.25) is 10.1 Å². The van der Waals surface area contributed by atoms with Crippen LogP contribution in [-0.4, -0.2) is 11.0 Å². The number of benzene rings is 1. The predicted octanol–water partition coefficient (Wildman–Crippen LogP) is 3.81. The second kappa shape index (κ2) is 5.66. The van der Waals surface area contributed by atoms with E-state index >= 15 is 0 Å². The third-order valence-corrected chi connectivity index (χ3v) is 2.86. The van der Waals surface area contributed by atoms with Crippen molar-refractivity contribution in [1.29, 1.82) is 0 Å². The molecule has 4 nitrogen and oxygen atoms in total. The molecule has 0 saturated heterocycles. The van der Waals surface area contributed by atoms with Gasteiger partial charge in [-0.2, -0.15) is 0 Å². The lowest BCUT2D eigenvalue weighted by Gasteiger charge is -2.16. The Morgan fingerprint density at radius 3 is 2.53 bits per heavy atom. The molecule has 1 rings (SSSR count). The summed E-state index contributed by atoms with van der Waals surface area (Å²) >= 11 is 0. The molecule has 0 fully saturated rings. The SMILES string of the molecule is CCCC(C)Nc1cc(C)c([N+](=O)[O-])cc1C. The van der Waals surface area contributed by atoms with Crippen molar-refractivity contribution in [1.82, 2.24) is 0 Å². The number of aryl methyl sites for hydroxylation is 2. The first-order valence-corrected chi connectivity index (χ1v) is 5.97. The van der Waals surface area contributed by atoms with Crippen molar-refractivity contribution in [2.75, 3.05) is 5.32 Å². The van der Waals surface area contributed by atoms with Crippen LogP contribution in [0.2, 0.25) is 0 Å². The quantitative estimate of drug-likeness (QED) is 0.624. The molecule has 0 amide bonds. The van der Waals surface area contributed by atoms with E-state index in [1.807, 2.05) is 13.0 Å². The van der Waals surface area contributed by atoms with Crippen LogP contribution in [0.15, 0.2) is 12.1 Å². The molecule has 0 bridgehead atoms. The normalized spacial score (nSPS) is 12.2. The van der Waals surface area contributed by atoms with Gasteiger partial charge in [0, 0.05) is 23.4 Å². The topological polar surface area (TPSA) is 55.2 Å². The Balaban J connectivity index is 2.95. The molecule has 94 valence electrons. The van der Waals surface area contributed by atoms with Crippen LogP contribution in [0.4, 0.5) is 11.4 Å². The average Bonchev–Trinajstić information content (AvgIpc) is 2.22. The molecule has 1 N–H and O–H groups in total. The number of nitro groups is 1. The molecule has 17 heavy (non-hydrogen) atoms. The molecule has 0 aliphatic carbocycles. The van der Waals surface area contributed by atoms with Gasteiger partial charge in [0.1, 0.15) is 0 Å². The summed E-state index contributed by atoms with van der Waals surface area (Å²) in [6.07, 6.45) is 2.22. The standard InChI is InChI=1S/C13H20N2O2/c1-5-6-11(4)14-12-7-10(3)13(15(16)17)8-9(12)2/h7-8,11,14H,5-6H2,1-4H3.